The van der Waals surface area contributed by atoms with E-state index >= 15 is 0 Å². The molecule has 1 heterocycles. The fourth-order valence-corrected chi connectivity index (χ4v) is 1.88. The average molecular weight is 237 g/mol. The van der Waals surface area contributed by atoms with Crippen LogP contribution in [0, 0.1) is 0 Å². The van der Waals surface area contributed by atoms with Crippen molar-refractivity contribution in [1.29, 1.82) is 0 Å². The Morgan fingerprint density at radius 2 is 2.06 bits per heavy atom. The molecule has 1 N–H and O–H groups in total. The second kappa shape index (κ2) is 7.25. The number of aliphatic hydroxyl groups excluding tert-OH is 1. The maximum Gasteiger partial charge on any atom is 0.0717 e. The normalized spacial score (nSPS) is 10.9. The van der Waals surface area contributed by atoms with Crippen LogP contribution >= 0.6 is 0 Å². The van der Waals surface area contributed by atoms with Crippen LogP contribution < -0.4 is 4.90 Å². The highest BCUT2D eigenvalue weighted by Gasteiger charge is 2.08. The molecule has 0 saturated heterocycles. The average Bonchev–Trinajstić information content (AvgIpc) is 2.34. The third-order valence-corrected chi connectivity index (χ3v) is 2.80. The first kappa shape index (κ1) is 13.9. The summed E-state index contributed by atoms with van der Waals surface area (Å²) in [6.07, 6.45) is 4.64. The summed E-state index contributed by atoms with van der Waals surface area (Å²) >= 11 is 0. The number of hydrogen-bond acceptors (Lipinski definition) is 4. The lowest BCUT2D eigenvalue weighted by Gasteiger charge is -2.25. The lowest BCUT2D eigenvalue weighted by Crippen LogP contribution is -2.27. The molecule has 0 saturated carbocycles. The summed E-state index contributed by atoms with van der Waals surface area (Å²) in [5, 5.41) is 9.30. The number of hydrogen-bond donors (Lipinski definition) is 1. The zero-order valence-corrected chi connectivity index (χ0v) is 11.1. The van der Waals surface area contributed by atoms with Crippen molar-refractivity contribution in [2.24, 2.45) is 0 Å². The molecule has 0 atom stereocenters. The summed E-state index contributed by atoms with van der Waals surface area (Å²) < 4.78 is 0. The van der Waals surface area contributed by atoms with Gasteiger partial charge in [0, 0.05) is 36.7 Å². The van der Waals surface area contributed by atoms with Gasteiger partial charge in [0.1, 0.15) is 0 Å². The fraction of sp³-hybridized carbons (Fsp3) is 0.615. The number of pyridine rings is 1. The van der Waals surface area contributed by atoms with Crippen LogP contribution in [0.5, 0.6) is 0 Å². The van der Waals surface area contributed by atoms with Crippen molar-refractivity contribution in [3.05, 3.63) is 24.0 Å². The molecule has 0 spiro atoms. The van der Waals surface area contributed by atoms with Gasteiger partial charge in [-0.1, -0.05) is 0 Å². The van der Waals surface area contributed by atoms with Gasteiger partial charge in [0.15, 0.2) is 0 Å². The highest BCUT2D eigenvalue weighted by molar-refractivity contribution is 5.51. The summed E-state index contributed by atoms with van der Waals surface area (Å²) in [6.45, 7) is 5.22. The molecule has 0 aromatic carbocycles. The van der Waals surface area contributed by atoms with Gasteiger partial charge >= 0.3 is 0 Å². The number of nitrogens with zero attached hydrogens (tertiary/aromatic N) is 3. The molecule has 4 heteroatoms. The van der Waals surface area contributed by atoms with Gasteiger partial charge in [-0.25, -0.2) is 0 Å². The molecule has 1 aromatic heterocycles. The zero-order valence-electron chi connectivity index (χ0n) is 11.1. The Hall–Kier alpha value is -1.13. The van der Waals surface area contributed by atoms with Crippen LogP contribution in [-0.4, -0.2) is 48.7 Å². The van der Waals surface area contributed by atoms with E-state index in [0.717, 1.165) is 37.3 Å². The Kier molecular flexibility index (Phi) is 5.94. The van der Waals surface area contributed by atoms with Gasteiger partial charge < -0.3 is 14.9 Å². The van der Waals surface area contributed by atoms with Crippen molar-refractivity contribution in [1.82, 2.24) is 9.88 Å². The molecule has 0 bridgehead atoms. The van der Waals surface area contributed by atoms with Crippen LogP contribution in [-0.2, 0) is 6.61 Å². The maximum absolute atomic E-state index is 9.30. The Bertz CT molecular complexity index is 328. The third kappa shape index (κ3) is 4.32. The van der Waals surface area contributed by atoms with E-state index in [9.17, 15) is 5.11 Å². The molecular formula is C13H23N3O. The van der Waals surface area contributed by atoms with Crippen LogP contribution in [0.1, 0.15) is 18.9 Å². The second-order valence-electron chi connectivity index (χ2n) is 4.40. The molecule has 0 amide bonds. The van der Waals surface area contributed by atoms with E-state index in [0.29, 0.717) is 0 Å². The molecule has 0 aliphatic rings. The van der Waals surface area contributed by atoms with Gasteiger partial charge in [0.25, 0.3) is 0 Å². The summed E-state index contributed by atoms with van der Waals surface area (Å²) in [6, 6.07) is 1.98. The van der Waals surface area contributed by atoms with E-state index in [1.807, 2.05) is 6.07 Å². The third-order valence-electron chi connectivity index (χ3n) is 2.80. The van der Waals surface area contributed by atoms with Crippen molar-refractivity contribution >= 4 is 5.69 Å². The predicted molar refractivity (Wildman–Crippen MR) is 71.2 cm³/mol. The monoisotopic (exact) mass is 237 g/mol. The number of aromatic nitrogens is 1. The summed E-state index contributed by atoms with van der Waals surface area (Å²) in [7, 11) is 4.17. The Morgan fingerprint density at radius 1 is 1.29 bits per heavy atom. The quantitative estimate of drug-likeness (QED) is 0.777. The molecular weight excluding hydrogens is 214 g/mol. The minimum absolute atomic E-state index is 0.0490. The largest absolute Gasteiger partial charge is 0.392 e. The molecule has 0 aliphatic carbocycles. The summed E-state index contributed by atoms with van der Waals surface area (Å²) in [5.41, 5.74) is 2.00. The predicted octanol–water partition coefficient (Wildman–Crippen LogP) is 1.35. The molecule has 0 aliphatic heterocycles. The van der Waals surface area contributed by atoms with E-state index in [2.05, 4.69) is 35.8 Å². The highest BCUT2D eigenvalue weighted by Crippen LogP contribution is 2.19. The molecule has 0 unspecified atom stereocenters. The van der Waals surface area contributed by atoms with Crippen molar-refractivity contribution in [3.63, 3.8) is 0 Å². The van der Waals surface area contributed by atoms with Crippen molar-refractivity contribution < 1.29 is 5.11 Å². The molecule has 1 aromatic rings. The zero-order chi connectivity index (χ0) is 12.7. The number of anilines is 1. The van der Waals surface area contributed by atoms with Crippen LogP contribution in [0.4, 0.5) is 5.69 Å². The first-order valence-electron chi connectivity index (χ1n) is 6.12. The Morgan fingerprint density at radius 3 is 2.65 bits per heavy atom. The van der Waals surface area contributed by atoms with E-state index in [-0.39, 0.29) is 6.61 Å². The minimum atomic E-state index is 0.0490. The summed E-state index contributed by atoms with van der Waals surface area (Å²) in [4.78, 5) is 8.52. The fourth-order valence-electron chi connectivity index (χ4n) is 1.88. The van der Waals surface area contributed by atoms with Gasteiger partial charge in [-0.2, -0.15) is 0 Å². The molecule has 1 rings (SSSR count). The minimum Gasteiger partial charge on any atom is -0.392 e. The van der Waals surface area contributed by atoms with Crippen LogP contribution in [0.15, 0.2) is 18.5 Å². The van der Waals surface area contributed by atoms with Crippen LogP contribution in [0.2, 0.25) is 0 Å². The van der Waals surface area contributed by atoms with Crippen molar-refractivity contribution in [2.75, 3.05) is 38.6 Å². The van der Waals surface area contributed by atoms with Crippen LogP contribution in [0.25, 0.3) is 0 Å². The lowest BCUT2D eigenvalue weighted by atomic mass is 10.2. The van der Waals surface area contributed by atoms with Crippen molar-refractivity contribution in [2.45, 2.75) is 20.0 Å². The smallest absolute Gasteiger partial charge is 0.0717 e. The molecule has 96 valence electrons. The summed E-state index contributed by atoms with van der Waals surface area (Å²) in [5.74, 6) is 0. The number of aliphatic hydroxyl groups is 1. The van der Waals surface area contributed by atoms with Gasteiger partial charge in [-0.3, -0.25) is 4.98 Å². The van der Waals surface area contributed by atoms with Gasteiger partial charge in [-0.15, -0.1) is 0 Å². The van der Waals surface area contributed by atoms with Crippen LogP contribution in [0.3, 0.4) is 0 Å². The van der Waals surface area contributed by atoms with Gasteiger partial charge in [0.2, 0.25) is 0 Å². The highest BCUT2D eigenvalue weighted by atomic mass is 16.3. The first-order chi connectivity index (χ1) is 8.19. The molecule has 4 nitrogen and oxygen atoms in total. The van der Waals surface area contributed by atoms with E-state index in [1.54, 1.807) is 12.4 Å². The standard InChI is InChI=1S/C13H23N3O/c1-4-16(9-5-8-15(2)3)13-6-7-14-10-12(13)11-17/h6-7,10,17H,4-5,8-9,11H2,1-3H3. The second-order valence-corrected chi connectivity index (χ2v) is 4.40. The SMILES string of the molecule is CCN(CCCN(C)C)c1ccncc1CO. The topological polar surface area (TPSA) is 39.6 Å². The molecule has 17 heavy (non-hydrogen) atoms. The number of rotatable bonds is 7. The van der Waals surface area contributed by atoms with Gasteiger partial charge in [0.05, 0.1) is 6.61 Å². The molecule has 0 fully saturated rings. The van der Waals surface area contributed by atoms with Gasteiger partial charge in [-0.05, 0) is 40.1 Å². The van der Waals surface area contributed by atoms with E-state index in [4.69, 9.17) is 0 Å². The maximum atomic E-state index is 9.30. The Labute approximate surface area is 104 Å². The van der Waals surface area contributed by atoms with E-state index < -0.39 is 0 Å². The molecule has 0 radical (unpaired) electrons. The van der Waals surface area contributed by atoms with E-state index in [1.165, 1.54) is 0 Å². The Balaban J connectivity index is 2.65. The lowest BCUT2D eigenvalue weighted by molar-refractivity contribution is 0.281. The van der Waals surface area contributed by atoms with Crippen molar-refractivity contribution in [3.8, 4) is 0 Å². The first-order valence-corrected chi connectivity index (χ1v) is 6.12.